The van der Waals surface area contributed by atoms with E-state index in [-0.39, 0.29) is 5.92 Å². The van der Waals surface area contributed by atoms with E-state index in [1.54, 1.807) is 31.2 Å². The van der Waals surface area contributed by atoms with Gasteiger partial charge < -0.3 is 9.84 Å². The number of rotatable bonds is 4. The minimum atomic E-state index is -1.16. The first kappa shape index (κ1) is 14.2. The number of carboxylic acids is 1. The van der Waals surface area contributed by atoms with Gasteiger partial charge in [0, 0.05) is 10.9 Å². The highest BCUT2D eigenvalue weighted by atomic mass is 35.5. The largest absolute Gasteiger partial charge is 0.478 e. The Morgan fingerprint density at radius 3 is 2.37 bits per heavy atom. The third-order valence-electron chi connectivity index (χ3n) is 3.95. The molecule has 0 spiro atoms. The summed E-state index contributed by atoms with van der Waals surface area (Å²) in [5.74, 6) is -0.274. The van der Waals surface area contributed by atoms with E-state index in [4.69, 9.17) is 16.3 Å². The number of hydrogen-bond acceptors (Lipinski definition) is 2. The number of aliphatic carboxylic acids is 1. The van der Waals surface area contributed by atoms with Crippen LogP contribution in [0.25, 0.3) is 0 Å². The van der Waals surface area contributed by atoms with E-state index < -0.39 is 11.6 Å². The normalized spacial score (nSPS) is 19.7. The van der Waals surface area contributed by atoms with Gasteiger partial charge >= 0.3 is 5.97 Å². The van der Waals surface area contributed by atoms with Gasteiger partial charge in [-0.25, -0.2) is 4.79 Å². The van der Waals surface area contributed by atoms with E-state index in [1.807, 2.05) is 0 Å². The van der Waals surface area contributed by atoms with Gasteiger partial charge in [-0.3, -0.25) is 0 Å². The fraction of sp³-hybridized carbons (Fsp3) is 0.533. The van der Waals surface area contributed by atoms with Crippen molar-refractivity contribution in [2.45, 2.75) is 44.6 Å². The van der Waals surface area contributed by atoms with Gasteiger partial charge in [0.2, 0.25) is 5.60 Å². The van der Waals surface area contributed by atoms with E-state index in [0.717, 1.165) is 25.7 Å². The van der Waals surface area contributed by atoms with Crippen LogP contribution in [0, 0.1) is 5.92 Å². The summed E-state index contributed by atoms with van der Waals surface area (Å²) in [6.45, 7) is 1.68. The van der Waals surface area contributed by atoms with Crippen molar-refractivity contribution >= 4 is 17.6 Å². The molecule has 0 bridgehead atoms. The summed E-state index contributed by atoms with van der Waals surface area (Å²) in [4.78, 5) is 11.6. The summed E-state index contributed by atoms with van der Waals surface area (Å²) in [6, 6.07) is 6.85. The Morgan fingerprint density at radius 2 is 1.84 bits per heavy atom. The molecule has 0 heterocycles. The summed E-state index contributed by atoms with van der Waals surface area (Å²) in [5, 5.41) is 10.2. The maximum Gasteiger partial charge on any atom is 0.348 e. The average Bonchev–Trinajstić information content (AvgIpc) is 2.42. The lowest BCUT2D eigenvalue weighted by Gasteiger charge is -2.36. The van der Waals surface area contributed by atoms with Gasteiger partial charge in [-0.1, -0.05) is 30.9 Å². The molecule has 104 valence electrons. The third kappa shape index (κ3) is 3.21. The fourth-order valence-corrected chi connectivity index (χ4v) is 2.83. The van der Waals surface area contributed by atoms with Crippen molar-refractivity contribution in [1.29, 1.82) is 0 Å². The highest BCUT2D eigenvalue weighted by molar-refractivity contribution is 6.30. The second kappa shape index (κ2) is 5.83. The molecule has 1 aromatic rings. The maximum atomic E-state index is 11.6. The lowest BCUT2D eigenvalue weighted by atomic mass is 9.77. The van der Waals surface area contributed by atoms with Crippen LogP contribution in [0.15, 0.2) is 24.3 Å². The molecule has 0 radical (unpaired) electrons. The Balaban J connectivity index is 2.18. The van der Waals surface area contributed by atoms with E-state index in [0.29, 0.717) is 10.8 Å². The van der Waals surface area contributed by atoms with Crippen LogP contribution < -0.4 is 4.74 Å². The van der Waals surface area contributed by atoms with Crippen molar-refractivity contribution in [3.63, 3.8) is 0 Å². The number of hydrogen-bond donors (Lipinski definition) is 1. The molecule has 4 heteroatoms. The zero-order valence-corrected chi connectivity index (χ0v) is 11.8. The summed E-state index contributed by atoms with van der Waals surface area (Å²) in [7, 11) is 0. The fourth-order valence-electron chi connectivity index (χ4n) is 2.70. The van der Waals surface area contributed by atoms with Crippen molar-refractivity contribution in [2.75, 3.05) is 0 Å². The maximum absolute atomic E-state index is 11.6. The number of halogens is 1. The van der Waals surface area contributed by atoms with Gasteiger partial charge in [-0.05, 0) is 44.0 Å². The van der Waals surface area contributed by atoms with Crippen LogP contribution in [0.4, 0.5) is 0 Å². The van der Waals surface area contributed by atoms with Crippen LogP contribution in [0.2, 0.25) is 5.02 Å². The van der Waals surface area contributed by atoms with Crippen LogP contribution in [0.3, 0.4) is 0 Å². The van der Waals surface area contributed by atoms with Crippen LogP contribution in [-0.2, 0) is 4.79 Å². The number of carbonyl (C=O) groups is 1. The van der Waals surface area contributed by atoms with Crippen molar-refractivity contribution in [2.24, 2.45) is 5.92 Å². The van der Waals surface area contributed by atoms with E-state index in [2.05, 4.69) is 0 Å². The predicted molar refractivity (Wildman–Crippen MR) is 74.7 cm³/mol. The zero-order valence-electron chi connectivity index (χ0n) is 11.1. The third-order valence-corrected chi connectivity index (χ3v) is 4.20. The monoisotopic (exact) mass is 282 g/mol. The molecule has 1 aromatic carbocycles. The molecule has 1 saturated carbocycles. The average molecular weight is 283 g/mol. The summed E-state index contributed by atoms with van der Waals surface area (Å²) in [6.07, 6.45) is 5.18. The molecule has 0 amide bonds. The van der Waals surface area contributed by atoms with Crippen LogP contribution in [-0.4, -0.2) is 16.7 Å². The van der Waals surface area contributed by atoms with Crippen molar-refractivity contribution in [1.82, 2.24) is 0 Å². The summed E-state index contributed by atoms with van der Waals surface area (Å²) >= 11 is 5.82. The van der Waals surface area contributed by atoms with Gasteiger partial charge in [-0.2, -0.15) is 0 Å². The van der Waals surface area contributed by atoms with Gasteiger partial charge in [0.05, 0.1) is 0 Å². The molecule has 1 unspecified atom stereocenters. The molecule has 1 N–H and O–H groups in total. The Hall–Kier alpha value is -1.22. The number of ether oxygens (including phenoxy) is 1. The number of benzene rings is 1. The molecule has 3 nitrogen and oxygen atoms in total. The second-order valence-corrected chi connectivity index (χ2v) is 5.74. The summed E-state index contributed by atoms with van der Waals surface area (Å²) < 4.78 is 5.80. The molecule has 1 aliphatic rings. The van der Waals surface area contributed by atoms with Crippen molar-refractivity contribution in [3.05, 3.63) is 29.3 Å². The predicted octanol–water partition coefficient (Wildman–Crippen LogP) is 4.14. The van der Waals surface area contributed by atoms with Crippen molar-refractivity contribution in [3.8, 4) is 5.75 Å². The van der Waals surface area contributed by atoms with E-state index in [1.165, 1.54) is 6.42 Å². The quantitative estimate of drug-likeness (QED) is 0.903. The van der Waals surface area contributed by atoms with E-state index in [9.17, 15) is 9.90 Å². The van der Waals surface area contributed by atoms with Crippen molar-refractivity contribution < 1.29 is 14.6 Å². The standard InChI is InChI=1S/C15H19ClO3/c1-15(14(17)18,11-5-3-2-4-6-11)19-13-9-7-12(16)8-10-13/h7-11H,2-6H2,1H3,(H,17,18). The minimum absolute atomic E-state index is 0.0643. The van der Waals surface area contributed by atoms with Crippen LogP contribution in [0.5, 0.6) is 5.75 Å². The first-order valence-corrected chi connectivity index (χ1v) is 7.08. The molecule has 0 saturated heterocycles. The molecule has 0 aliphatic heterocycles. The Kier molecular flexibility index (Phi) is 4.35. The Bertz CT molecular complexity index is 437. The first-order valence-electron chi connectivity index (χ1n) is 6.70. The van der Waals surface area contributed by atoms with Gasteiger partial charge in [0.15, 0.2) is 0 Å². The molecular formula is C15H19ClO3. The Labute approximate surface area is 118 Å². The second-order valence-electron chi connectivity index (χ2n) is 5.30. The zero-order chi connectivity index (χ0) is 13.9. The molecule has 0 aromatic heterocycles. The summed E-state index contributed by atoms with van der Waals surface area (Å²) in [5.41, 5.74) is -1.16. The molecule has 1 fully saturated rings. The van der Waals surface area contributed by atoms with E-state index >= 15 is 0 Å². The minimum Gasteiger partial charge on any atom is -0.478 e. The van der Waals surface area contributed by atoms with Gasteiger partial charge in [0.25, 0.3) is 0 Å². The highest BCUT2D eigenvalue weighted by Gasteiger charge is 2.44. The molecule has 1 atom stereocenters. The molecule has 19 heavy (non-hydrogen) atoms. The van der Waals surface area contributed by atoms with Gasteiger partial charge in [-0.15, -0.1) is 0 Å². The van der Waals surface area contributed by atoms with Crippen LogP contribution >= 0.6 is 11.6 Å². The lowest BCUT2D eigenvalue weighted by molar-refractivity contribution is -0.160. The lowest BCUT2D eigenvalue weighted by Crippen LogP contribution is -2.49. The molecule has 2 rings (SSSR count). The Morgan fingerprint density at radius 1 is 1.26 bits per heavy atom. The highest BCUT2D eigenvalue weighted by Crippen LogP contribution is 2.36. The van der Waals surface area contributed by atoms with Gasteiger partial charge in [0.1, 0.15) is 5.75 Å². The first-order chi connectivity index (χ1) is 9.02. The topological polar surface area (TPSA) is 46.5 Å². The number of carboxylic acid groups (broad SMARTS) is 1. The van der Waals surface area contributed by atoms with Crippen LogP contribution in [0.1, 0.15) is 39.0 Å². The smallest absolute Gasteiger partial charge is 0.348 e. The molecule has 1 aliphatic carbocycles. The molecular weight excluding hydrogens is 264 g/mol. The SMILES string of the molecule is CC(Oc1ccc(Cl)cc1)(C(=O)O)C1CCCCC1.